The Kier molecular flexibility index (Phi) is 6.91. The lowest BCUT2D eigenvalue weighted by Gasteiger charge is -2.14. The van der Waals surface area contributed by atoms with Crippen LogP contribution in [0.2, 0.25) is 0 Å². The number of carbonyl (C=O) groups is 1. The van der Waals surface area contributed by atoms with Gasteiger partial charge in [-0.1, -0.05) is 24.3 Å². The number of para-hydroxylation sites is 2. The molecule has 0 unspecified atom stereocenters. The predicted molar refractivity (Wildman–Crippen MR) is 116 cm³/mol. The van der Waals surface area contributed by atoms with Crippen LogP contribution in [0.3, 0.4) is 0 Å². The normalized spacial score (nSPS) is 10.9. The summed E-state index contributed by atoms with van der Waals surface area (Å²) in [6, 6.07) is 13.3. The van der Waals surface area contributed by atoms with E-state index in [0.29, 0.717) is 30.3 Å². The first-order chi connectivity index (χ1) is 14.5. The maximum atomic E-state index is 12.5. The molecule has 0 bridgehead atoms. The van der Waals surface area contributed by atoms with Crippen LogP contribution in [0.1, 0.15) is 34.1 Å². The molecule has 0 radical (unpaired) electrons. The number of rotatable bonds is 9. The van der Waals surface area contributed by atoms with Crippen LogP contribution in [-0.2, 0) is 13.7 Å². The van der Waals surface area contributed by atoms with Gasteiger partial charge < -0.3 is 14.2 Å². The number of ketones is 1. The first-order valence-electron chi connectivity index (χ1n) is 9.76. The molecule has 3 aromatic rings. The highest BCUT2D eigenvalue weighted by Gasteiger charge is 2.11. The Morgan fingerprint density at radius 2 is 1.83 bits per heavy atom. The molecule has 156 valence electrons. The van der Waals surface area contributed by atoms with Crippen molar-refractivity contribution in [2.45, 2.75) is 20.5 Å². The number of aromatic nitrogens is 2. The van der Waals surface area contributed by atoms with Gasteiger partial charge in [-0.05, 0) is 49.8 Å². The lowest BCUT2D eigenvalue weighted by Crippen LogP contribution is -2.02. The second kappa shape index (κ2) is 9.78. The quantitative estimate of drug-likeness (QED) is 0.384. The Labute approximate surface area is 176 Å². The van der Waals surface area contributed by atoms with Crippen LogP contribution in [-0.4, -0.2) is 29.3 Å². The van der Waals surface area contributed by atoms with E-state index in [1.54, 1.807) is 30.1 Å². The number of hydrogen-bond donors (Lipinski definition) is 0. The van der Waals surface area contributed by atoms with Gasteiger partial charge in [-0.3, -0.25) is 9.48 Å². The summed E-state index contributed by atoms with van der Waals surface area (Å²) in [4.78, 5) is 12.5. The molecular weight excluding hydrogens is 380 g/mol. The molecule has 6 nitrogen and oxygen atoms in total. The number of aryl methyl sites for hydroxylation is 1. The lowest BCUT2D eigenvalue weighted by molar-refractivity contribution is 0.104. The zero-order valence-corrected chi connectivity index (χ0v) is 17.7. The molecule has 0 amide bonds. The highest BCUT2D eigenvalue weighted by Crippen LogP contribution is 2.29. The van der Waals surface area contributed by atoms with Crippen molar-refractivity contribution in [1.82, 2.24) is 9.78 Å². The van der Waals surface area contributed by atoms with Gasteiger partial charge in [0.05, 0.1) is 25.5 Å². The van der Waals surface area contributed by atoms with E-state index in [2.05, 4.69) is 5.10 Å². The van der Waals surface area contributed by atoms with E-state index in [0.717, 1.165) is 22.6 Å². The van der Waals surface area contributed by atoms with Gasteiger partial charge in [-0.15, -0.1) is 0 Å². The minimum atomic E-state index is -0.0835. The van der Waals surface area contributed by atoms with E-state index in [4.69, 9.17) is 14.2 Å². The molecule has 0 aliphatic carbocycles. The molecular formula is C24H26N2O4. The van der Waals surface area contributed by atoms with Crippen LogP contribution in [0.25, 0.3) is 6.08 Å². The highest BCUT2D eigenvalue weighted by atomic mass is 16.5. The van der Waals surface area contributed by atoms with Gasteiger partial charge in [0.1, 0.15) is 12.4 Å². The topological polar surface area (TPSA) is 62.6 Å². The summed E-state index contributed by atoms with van der Waals surface area (Å²) in [6.45, 7) is 4.68. The molecule has 1 heterocycles. The number of methoxy groups -OCH3 is 1. The Morgan fingerprint density at radius 1 is 1.10 bits per heavy atom. The highest BCUT2D eigenvalue weighted by molar-refractivity contribution is 6.07. The van der Waals surface area contributed by atoms with Crippen LogP contribution in [0, 0.1) is 6.92 Å². The van der Waals surface area contributed by atoms with Gasteiger partial charge in [0.15, 0.2) is 17.3 Å². The van der Waals surface area contributed by atoms with E-state index in [1.165, 1.54) is 0 Å². The Hall–Kier alpha value is -3.54. The third-order valence-electron chi connectivity index (χ3n) is 4.76. The summed E-state index contributed by atoms with van der Waals surface area (Å²) in [5, 5.41) is 4.12. The molecule has 3 rings (SSSR count). The fourth-order valence-corrected chi connectivity index (χ4v) is 3.02. The van der Waals surface area contributed by atoms with Crippen molar-refractivity contribution in [2.24, 2.45) is 7.05 Å². The van der Waals surface area contributed by atoms with E-state index in [1.807, 2.05) is 63.4 Å². The maximum absolute atomic E-state index is 12.5. The van der Waals surface area contributed by atoms with E-state index in [9.17, 15) is 4.79 Å². The predicted octanol–water partition coefficient (Wildman–Crippen LogP) is 4.61. The summed E-state index contributed by atoms with van der Waals surface area (Å²) in [6.07, 6.45) is 4.93. The van der Waals surface area contributed by atoms with Crippen LogP contribution >= 0.6 is 0 Å². The van der Waals surface area contributed by atoms with Crippen molar-refractivity contribution >= 4 is 11.9 Å². The Morgan fingerprint density at radius 3 is 2.47 bits per heavy atom. The number of carbonyl (C=O) groups excluding carboxylic acids is 1. The molecule has 0 aliphatic rings. The number of allylic oxidation sites excluding steroid dienone is 1. The Balaban J connectivity index is 1.77. The first-order valence-corrected chi connectivity index (χ1v) is 9.76. The largest absolute Gasteiger partial charge is 0.496 e. The third-order valence-corrected chi connectivity index (χ3v) is 4.76. The molecule has 0 saturated heterocycles. The monoisotopic (exact) mass is 406 g/mol. The van der Waals surface area contributed by atoms with Gasteiger partial charge in [0, 0.05) is 18.3 Å². The summed E-state index contributed by atoms with van der Waals surface area (Å²) in [5.74, 6) is 2.01. The number of ether oxygens (including phenoxy) is 3. The fourth-order valence-electron chi connectivity index (χ4n) is 3.02. The minimum absolute atomic E-state index is 0.0835. The van der Waals surface area contributed by atoms with Gasteiger partial charge in [-0.2, -0.15) is 5.10 Å². The van der Waals surface area contributed by atoms with Crippen molar-refractivity contribution in [3.63, 3.8) is 0 Å². The number of hydrogen-bond acceptors (Lipinski definition) is 5. The van der Waals surface area contributed by atoms with E-state index >= 15 is 0 Å². The molecule has 0 spiro atoms. The molecule has 2 aromatic carbocycles. The molecule has 0 fully saturated rings. The molecule has 6 heteroatoms. The SMILES string of the molecule is CCOc1ccccc1OCc1cc(/C=C/C(=O)c2cnn(C)c2C)ccc1OC. The van der Waals surface area contributed by atoms with E-state index < -0.39 is 0 Å². The van der Waals surface area contributed by atoms with Gasteiger partial charge in [-0.25, -0.2) is 0 Å². The first kappa shape index (κ1) is 21.2. The third kappa shape index (κ3) is 4.89. The van der Waals surface area contributed by atoms with Gasteiger partial charge in [0.2, 0.25) is 0 Å². The standard InChI is InChI=1S/C24H26N2O4/c1-5-29-23-8-6-7-9-24(23)30-16-19-14-18(11-13-22(19)28-4)10-12-21(27)20-15-25-26(3)17(20)2/h6-15H,5,16H2,1-4H3/b12-10+. The van der Waals surface area contributed by atoms with Crippen LogP contribution in [0.15, 0.2) is 54.7 Å². The molecule has 0 atom stereocenters. The number of nitrogens with zero attached hydrogens (tertiary/aromatic N) is 2. The van der Waals surface area contributed by atoms with Crippen molar-refractivity contribution in [3.05, 3.63) is 77.1 Å². The van der Waals surface area contributed by atoms with Gasteiger partial charge in [0.25, 0.3) is 0 Å². The molecule has 0 N–H and O–H groups in total. The van der Waals surface area contributed by atoms with Gasteiger partial charge >= 0.3 is 0 Å². The van der Waals surface area contributed by atoms with Crippen molar-refractivity contribution in [3.8, 4) is 17.2 Å². The molecule has 1 aromatic heterocycles. The van der Waals surface area contributed by atoms with Crippen molar-refractivity contribution < 1.29 is 19.0 Å². The second-order valence-electron chi connectivity index (χ2n) is 6.70. The zero-order chi connectivity index (χ0) is 21.5. The van der Waals surface area contributed by atoms with Crippen molar-refractivity contribution in [1.29, 1.82) is 0 Å². The lowest BCUT2D eigenvalue weighted by atomic mass is 10.1. The minimum Gasteiger partial charge on any atom is -0.496 e. The summed E-state index contributed by atoms with van der Waals surface area (Å²) >= 11 is 0. The number of benzene rings is 2. The van der Waals surface area contributed by atoms with Crippen LogP contribution in [0.5, 0.6) is 17.2 Å². The van der Waals surface area contributed by atoms with Crippen LogP contribution in [0.4, 0.5) is 0 Å². The van der Waals surface area contributed by atoms with E-state index in [-0.39, 0.29) is 5.78 Å². The fraction of sp³-hybridized carbons (Fsp3) is 0.250. The average molecular weight is 406 g/mol. The summed E-state index contributed by atoms with van der Waals surface area (Å²) < 4.78 is 18.7. The van der Waals surface area contributed by atoms with Crippen molar-refractivity contribution in [2.75, 3.05) is 13.7 Å². The second-order valence-corrected chi connectivity index (χ2v) is 6.70. The zero-order valence-electron chi connectivity index (χ0n) is 17.7. The molecule has 0 aliphatic heterocycles. The summed E-state index contributed by atoms with van der Waals surface area (Å²) in [7, 11) is 3.44. The molecule has 30 heavy (non-hydrogen) atoms. The Bertz CT molecular complexity index is 1050. The smallest absolute Gasteiger partial charge is 0.189 e. The average Bonchev–Trinajstić information content (AvgIpc) is 3.10. The summed E-state index contributed by atoms with van der Waals surface area (Å²) in [5.41, 5.74) is 3.18. The van der Waals surface area contributed by atoms with Crippen LogP contribution < -0.4 is 14.2 Å². The maximum Gasteiger partial charge on any atom is 0.189 e. The molecule has 0 saturated carbocycles.